The standard InChI is InChI=1S/C14H9N3OS/c1-2-19-14-10(7-15)16-12-11(17-14)8-5-3-4-6-9(8)13(12)18/h3-6H,2H2,1H3. The molecule has 0 spiro atoms. The number of ketones is 1. The van der Waals surface area contributed by atoms with Crippen LogP contribution >= 0.6 is 11.8 Å². The lowest BCUT2D eigenvalue weighted by Gasteiger charge is -2.03. The number of carbonyl (C=O) groups is 1. The van der Waals surface area contributed by atoms with E-state index in [0.29, 0.717) is 22.0 Å². The Labute approximate surface area is 114 Å². The first-order valence-corrected chi connectivity index (χ1v) is 6.84. The number of nitriles is 1. The number of hydrogen-bond acceptors (Lipinski definition) is 5. The molecule has 0 unspecified atom stereocenters. The first-order chi connectivity index (χ1) is 9.26. The molecular weight excluding hydrogens is 258 g/mol. The van der Waals surface area contributed by atoms with Crippen molar-refractivity contribution in [2.45, 2.75) is 11.9 Å². The Morgan fingerprint density at radius 1 is 1.21 bits per heavy atom. The van der Waals surface area contributed by atoms with Crippen LogP contribution in [0.5, 0.6) is 0 Å². The Kier molecular flexibility index (Phi) is 2.80. The molecule has 1 aliphatic carbocycles. The van der Waals surface area contributed by atoms with Gasteiger partial charge in [0.1, 0.15) is 22.5 Å². The van der Waals surface area contributed by atoms with E-state index in [-0.39, 0.29) is 11.5 Å². The van der Waals surface area contributed by atoms with Gasteiger partial charge in [-0.25, -0.2) is 9.97 Å². The summed E-state index contributed by atoms with van der Waals surface area (Å²) in [6.45, 7) is 1.99. The van der Waals surface area contributed by atoms with E-state index in [1.807, 2.05) is 31.2 Å². The fraction of sp³-hybridized carbons (Fsp3) is 0.143. The minimum absolute atomic E-state index is 0.150. The van der Waals surface area contributed by atoms with Gasteiger partial charge in [-0.05, 0) is 5.75 Å². The lowest BCUT2D eigenvalue weighted by atomic mass is 10.1. The summed E-state index contributed by atoms with van der Waals surface area (Å²) in [6, 6.07) is 9.32. The van der Waals surface area contributed by atoms with Crippen molar-refractivity contribution >= 4 is 17.5 Å². The van der Waals surface area contributed by atoms with Crippen LogP contribution in [0, 0.1) is 11.3 Å². The molecule has 0 saturated carbocycles. The Morgan fingerprint density at radius 3 is 2.63 bits per heavy atom. The molecule has 4 nitrogen and oxygen atoms in total. The van der Waals surface area contributed by atoms with Crippen molar-refractivity contribution in [3.05, 3.63) is 41.2 Å². The summed E-state index contributed by atoms with van der Waals surface area (Å²) in [5.41, 5.74) is 2.53. The monoisotopic (exact) mass is 267 g/mol. The highest BCUT2D eigenvalue weighted by Gasteiger charge is 2.30. The molecule has 3 rings (SSSR count). The molecular formula is C14H9N3OS. The summed E-state index contributed by atoms with van der Waals surface area (Å²) in [4.78, 5) is 20.9. The largest absolute Gasteiger partial charge is 0.287 e. The van der Waals surface area contributed by atoms with Gasteiger partial charge in [0.25, 0.3) is 0 Å². The molecule has 0 atom stereocenters. The fourth-order valence-electron chi connectivity index (χ4n) is 2.09. The van der Waals surface area contributed by atoms with Crippen molar-refractivity contribution in [1.29, 1.82) is 5.26 Å². The van der Waals surface area contributed by atoms with Gasteiger partial charge in [0.2, 0.25) is 5.78 Å². The first kappa shape index (κ1) is 11.9. The summed E-state index contributed by atoms with van der Waals surface area (Å²) in [7, 11) is 0. The van der Waals surface area contributed by atoms with Crippen molar-refractivity contribution < 1.29 is 4.79 Å². The third kappa shape index (κ3) is 1.72. The van der Waals surface area contributed by atoms with E-state index >= 15 is 0 Å². The van der Waals surface area contributed by atoms with E-state index in [1.54, 1.807) is 6.07 Å². The van der Waals surface area contributed by atoms with Crippen LogP contribution in [-0.4, -0.2) is 21.5 Å². The van der Waals surface area contributed by atoms with E-state index in [0.717, 1.165) is 11.3 Å². The lowest BCUT2D eigenvalue weighted by molar-refractivity contribution is 0.103. The predicted molar refractivity (Wildman–Crippen MR) is 72.0 cm³/mol. The molecule has 5 heteroatoms. The topological polar surface area (TPSA) is 66.6 Å². The number of hydrogen-bond donors (Lipinski definition) is 0. The zero-order valence-electron chi connectivity index (χ0n) is 10.2. The second-order valence-electron chi connectivity index (χ2n) is 3.99. The molecule has 1 aromatic carbocycles. The average molecular weight is 267 g/mol. The third-order valence-electron chi connectivity index (χ3n) is 2.89. The van der Waals surface area contributed by atoms with Gasteiger partial charge in [-0.15, -0.1) is 11.8 Å². The van der Waals surface area contributed by atoms with Crippen molar-refractivity contribution in [3.8, 4) is 17.3 Å². The molecule has 0 N–H and O–H groups in total. The van der Waals surface area contributed by atoms with Crippen molar-refractivity contribution in [2.24, 2.45) is 0 Å². The summed E-state index contributed by atoms with van der Waals surface area (Å²) < 4.78 is 0. The fourth-order valence-corrected chi connectivity index (χ4v) is 2.75. The van der Waals surface area contributed by atoms with Crippen LogP contribution < -0.4 is 0 Å². The van der Waals surface area contributed by atoms with Crippen LogP contribution in [0.2, 0.25) is 0 Å². The predicted octanol–water partition coefficient (Wildman–Crippen LogP) is 2.67. The van der Waals surface area contributed by atoms with E-state index in [1.165, 1.54) is 11.8 Å². The van der Waals surface area contributed by atoms with Gasteiger partial charge in [0, 0.05) is 11.1 Å². The maximum Gasteiger partial charge on any atom is 0.214 e. The molecule has 0 amide bonds. The molecule has 1 aliphatic rings. The Morgan fingerprint density at radius 2 is 1.95 bits per heavy atom. The SMILES string of the molecule is CCSc1nc2c(nc1C#N)C(=O)c1ccccc1-2. The van der Waals surface area contributed by atoms with Crippen LogP contribution in [0.25, 0.3) is 11.3 Å². The highest BCUT2D eigenvalue weighted by Crippen LogP contribution is 2.35. The van der Waals surface area contributed by atoms with Crippen LogP contribution in [0.15, 0.2) is 29.3 Å². The van der Waals surface area contributed by atoms with Gasteiger partial charge in [-0.2, -0.15) is 5.26 Å². The number of nitrogens with zero attached hydrogens (tertiary/aromatic N) is 3. The highest BCUT2D eigenvalue weighted by molar-refractivity contribution is 7.99. The number of carbonyl (C=O) groups excluding carboxylic acids is 1. The molecule has 19 heavy (non-hydrogen) atoms. The molecule has 0 aliphatic heterocycles. The normalized spacial score (nSPS) is 11.9. The van der Waals surface area contributed by atoms with Gasteiger partial charge < -0.3 is 0 Å². The highest BCUT2D eigenvalue weighted by atomic mass is 32.2. The maximum absolute atomic E-state index is 12.2. The van der Waals surface area contributed by atoms with Crippen LogP contribution in [0.3, 0.4) is 0 Å². The Bertz CT molecular complexity index is 734. The molecule has 2 aromatic rings. The molecule has 1 aromatic heterocycles. The third-order valence-corrected chi connectivity index (χ3v) is 3.74. The van der Waals surface area contributed by atoms with Gasteiger partial charge in [0.15, 0.2) is 5.69 Å². The maximum atomic E-state index is 12.2. The quantitative estimate of drug-likeness (QED) is 0.668. The smallest absolute Gasteiger partial charge is 0.214 e. The van der Waals surface area contributed by atoms with Crippen LogP contribution in [-0.2, 0) is 0 Å². The van der Waals surface area contributed by atoms with Crippen molar-refractivity contribution in [1.82, 2.24) is 9.97 Å². The molecule has 1 heterocycles. The van der Waals surface area contributed by atoms with E-state index in [4.69, 9.17) is 5.26 Å². The molecule has 92 valence electrons. The minimum Gasteiger partial charge on any atom is -0.287 e. The molecule has 0 bridgehead atoms. The van der Waals surface area contributed by atoms with Crippen molar-refractivity contribution in [3.63, 3.8) is 0 Å². The molecule has 0 saturated heterocycles. The summed E-state index contributed by atoms with van der Waals surface area (Å²) in [6.07, 6.45) is 0. The van der Waals surface area contributed by atoms with E-state index in [9.17, 15) is 4.79 Å². The summed E-state index contributed by atoms with van der Waals surface area (Å²) in [5.74, 6) is 0.653. The van der Waals surface area contributed by atoms with Gasteiger partial charge in [-0.3, -0.25) is 4.79 Å². The average Bonchev–Trinajstić information content (AvgIpc) is 2.72. The first-order valence-electron chi connectivity index (χ1n) is 5.85. The lowest BCUT2D eigenvalue weighted by Crippen LogP contribution is -2.03. The van der Waals surface area contributed by atoms with Gasteiger partial charge in [0.05, 0.1) is 0 Å². The van der Waals surface area contributed by atoms with Crippen LogP contribution in [0.4, 0.5) is 0 Å². The Balaban J connectivity index is 2.27. The Hall–Kier alpha value is -2.19. The van der Waals surface area contributed by atoms with Gasteiger partial charge in [-0.1, -0.05) is 31.2 Å². The minimum atomic E-state index is -0.150. The van der Waals surface area contributed by atoms with E-state index in [2.05, 4.69) is 9.97 Å². The number of fused-ring (bicyclic) bond motifs is 3. The van der Waals surface area contributed by atoms with Crippen LogP contribution in [0.1, 0.15) is 28.7 Å². The molecule has 0 fully saturated rings. The zero-order chi connectivity index (χ0) is 13.4. The number of aromatic nitrogens is 2. The van der Waals surface area contributed by atoms with E-state index < -0.39 is 0 Å². The second-order valence-corrected chi connectivity index (χ2v) is 5.25. The summed E-state index contributed by atoms with van der Waals surface area (Å²) >= 11 is 1.46. The summed E-state index contributed by atoms with van der Waals surface area (Å²) in [5, 5.41) is 9.69. The number of thioether (sulfide) groups is 1. The molecule has 0 radical (unpaired) electrons. The number of benzene rings is 1. The zero-order valence-corrected chi connectivity index (χ0v) is 11.0. The van der Waals surface area contributed by atoms with Crippen molar-refractivity contribution in [2.75, 3.05) is 5.75 Å². The second kappa shape index (κ2) is 4.48. The van der Waals surface area contributed by atoms with Gasteiger partial charge >= 0.3 is 0 Å². The number of rotatable bonds is 2.